The van der Waals surface area contributed by atoms with Gasteiger partial charge in [-0.05, 0) is 55.7 Å². The van der Waals surface area contributed by atoms with Gasteiger partial charge in [0.15, 0.2) is 0 Å². The fourth-order valence-electron chi connectivity index (χ4n) is 5.50. The van der Waals surface area contributed by atoms with Crippen LogP contribution in [0.2, 0.25) is 0 Å². The highest BCUT2D eigenvalue weighted by Gasteiger charge is 2.46. The van der Waals surface area contributed by atoms with Crippen LogP contribution in [-0.4, -0.2) is 63.9 Å². The molecule has 1 aromatic heterocycles. The summed E-state index contributed by atoms with van der Waals surface area (Å²) in [4.78, 5) is 24.6. The molecule has 0 radical (unpaired) electrons. The highest BCUT2D eigenvalue weighted by atomic mass is 16.6. The quantitative estimate of drug-likeness (QED) is 0.345. The van der Waals surface area contributed by atoms with Gasteiger partial charge in [-0.15, -0.1) is 0 Å². The van der Waals surface area contributed by atoms with E-state index in [1.165, 1.54) is 7.11 Å². The number of aromatic nitrogens is 2. The number of carboxylic acid groups (broad SMARTS) is 1. The molecular weight excluding hydrogens is 504 g/mol. The highest BCUT2D eigenvalue weighted by Crippen LogP contribution is 2.43. The summed E-state index contributed by atoms with van der Waals surface area (Å²) in [6, 6.07) is 8.41. The maximum absolute atomic E-state index is 13.8. The maximum atomic E-state index is 13.8. The zero-order chi connectivity index (χ0) is 27.8. The Balaban J connectivity index is 1.35. The number of amides is 2. The molecular formula is C28H32N4O7. The molecule has 2 amide bonds. The minimum atomic E-state index is -1.12. The van der Waals surface area contributed by atoms with Gasteiger partial charge in [0.05, 0.1) is 44.1 Å². The van der Waals surface area contributed by atoms with Crippen LogP contribution in [0.1, 0.15) is 42.1 Å². The molecule has 1 fully saturated rings. The SMILES string of the molecule is CCOc1cc(C(=O)[N+]2([O-])CCC3(CCc4cc(NC(=O)O)ccc4O3)CC2)cc(OC)c1-c1cnn(C)c1. The minimum Gasteiger partial charge on any atom is -0.625 e. The van der Waals surface area contributed by atoms with Crippen LogP contribution in [0, 0.1) is 5.21 Å². The molecule has 3 heterocycles. The van der Waals surface area contributed by atoms with E-state index in [2.05, 4.69) is 10.4 Å². The monoisotopic (exact) mass is 536 g/mol. The number of methoxy groups -OCH3 is 1. The fourth-order valence-corrected chi connectivity index (χ4v) is 5.50. The third-order valence-electron chi connectivity index (χ3n) is 7.54. The molecule has 2 aliphatic rings. The first kappa shape index (κ1) is 26.5. The lowest BCUT2D eigenvalue weighted by Gasteiger charge is -2.50. The lowest BCUT2D eigenvalue weighted by Crippen LogP contribution is -2.59. The number of ether oxygens (including phenoxy) is 3. The summed E-state index contributed by atoms with van der Waals surface area (Å²) >= 11 is 0. The van der Waals surface area contributed by atoms with Crippen molar-refractivity contribution >= 4 is 17.7 Å². The van der Waals surface area contributed by atoms with Crippen LogP contribution < -0.4 is 19.5 Å². The topological polar surface area (TPSA) is 135 Å². The predicted octanol–water partition coefficient (Wildman–Crippen LogP) is 4.60. The van der Waals surface area contributed by atoms with Crippen molar-refractivity contribution in [3.05, 3.63) is 59.1 Å². The standard InChI is InChI=1S/C28H32N4O7/c1-4-38-24-15-19(14-23(37-3)25(24)20-16-29-31(2)17-20)26(33)32(36)11-9-28(10-12-32)8-7-18-13-21(30-27(34)35)5-6-22(18)39-28/h5-6,13-17,30H,4,7-12H2,1-3H3,(H,34,35). The highest BCUT2D eigenvalue weighted by molar-refractivity contribution is 5.93. The number of carbonyl (C=O) groups excluding carboxylic acids is 1. The van der Waals surface area contributed by atoms with Gasteiger partial charge in [0.1, 0.15) is 22.8 Å². The molecule has 11 nitrogen and oxygen atoms in total. The van der Waals surface area contributed by atoms with Crippen LogP contribution in [0.15, 0.2) is 42.7 Å². The molecule has 5 rings (SSSR count). The zero-order valence-corrected chi connectivity index (χ0v) is 22.2. The van der Waals surface area contributed by atoms with Crippen LogP contribution in [0.4, 0.5) is 10.5 Å². The van der Waals surface area contributed by atoms with Gasteiger partial charge in [0.25, 0.3) is 0 Å². The molecule has 1 spiro atoms. The molecule has 39 heavy (non-hydrogen) atoms. The molecule has 2 aliphatic heterocycles. The lowest BCUT2D eigenvalue weighted by atomic mass is 9.82. The second-order valence-corrected chi connectivity index (χ2v) is 10.1. The summed E-state index contributed by atoms with van der Waals surface area (Å²) in [6.07, 6.45) is 4.65. The number of anilines is 1. The van der Waals surface area contributed by atoms with E-state index in [9.17, 15) is 14.8 Å². The van der Waals surface area contributed by atoms with Crippen LogP contribution in [-0.2, 0) is 13.5 Å². The van der Waals surface area contributed by atoms with Crippen molar-refractivity contribution in [3.8, 4) is 28.4 Å². The number of piperidine rings is 1. The van der Waals surface area contributed by atoms with Gasteiger partial charge in [-0.25, -0.2) is 9.59 Å². The third-order valence-corrected chi connectivity index (χ3v) is 7.54. The molecule has 2 aromatic carbocycles. The Kier molecular flexibility index (Phi) is 6.96. The number of nitrogens with zero attached hydrogens (tertiary/aromatic N) is 3. The first-order valence-electron chi connectivity index (χ1n) is 12.9. The summed E-state index contributed by atoms with van der Waals surface area (Å²) in [7, 11) is 3.33. The van der Waals surface area contributed by atoms with Gasteiger partial charge in [0, 0.05) is 37.3 Å². The van der Waals surface area contributed by atoms with Crippen molar-refractivity contribution in [2.24, 2.45) is 7.05 Å². The van der Waals surface area contributed by atoms with Crippen LogP contribution in [0.3, 0.4) is 0 Å². The molecule has 3 aromatic rings. The second-order valence-electron chi connectivity index (χ2n) is 10.1. The van der Waals surface area contributed by atoms with E-state index in [4.69, 9.17) is 19.3 Å². The zero-order valence-electron chi connectivity index (χ0n) is 22.2. The molecule has 11 heteroatoms. The van der Waals surface area contributed by atoms with E-state index in [1.54, 1.807) is 41.2 Å². The second kappa shape index (κ2) is 10.2. The van der Waals surface area contributed by atoms with Crippen molar-refractivity contribution in [2.45, 2.75) is 38.2 Å². The predicted molar refractivity (Wildman–Crippen MR) is 143 cm³/mol. The van der Waals surface area contributed by atoms with Crippen molar-refractivity contribution in [2.75, 3.05) is 32.1 Å². The first-order chi connectivity index (χ1) is 18.6. The van der Waals surface area contributed by atoms with E-state index in [0.29, 0.717) is 60.8 Å². The van der Waals surface area contributed by atoms with Crippen molar-refractivity contribution in [1.29, 1.82) is 0 Å². The summed E-state index contributed by atoms with van der Waals surface area (Å²) in [6.45, 7) is 2.40. The molecule has 0 bridgehead atoms. The average molecular weight is 537 g/mol. The Morgan fingerprint density at radius 1 is 1.21 bits per heavy atom. The fraction of sp³-hybridized carbons (Fsp3) is 0.393. The van der Waals surface area contributed by atoms with Gasteiger partial charge in [-0.1, -0.05) is 0 Å². The largest absolute Gasteiger partial charge is 0.625 e. The van der Waals surface area contributed by atoms with Gasteiger partial charge in [-0.3, -0.25) is 14.6 Å². The van der Waals surface area contributed by atoms with Crippen molar-refractivity contribution in [1.82, 2.24) is 9.78 Å². The molecule has 0 aliphatic carbocycles. The third kappa shape index (κ3) is 5.15. The van der Waals surface area contributed by atoms with E-state index < -0.39 is 22.2 Å². The molecule has 0 atom stereocenters. The molecule has 1 saturated heterocycles. The molecule has 2 N–H and O–H groups in total. The van der Waals surface area contributed by atoms with E-state index in [1.807, 2.05) is 20.2 Å². The van der Waals surface area contributed by atoms with E-state index >= 15 is 0 Å². The number of carbonyl (C=O) groups is 2. The Hall–Kier alpha value is -4.09. The van der Waals surface area contributed by atoms with Crippen LogP contribution >= 0.6 is 0 Å². The Labute approximate surface area is 226 Å². The van der Waals surface area contributed by atoms with E-state index in [0.717, 1.165) is 11.1 Å². The summed E-state index contributed by atoms with van der Waals surface area (Å²) in [5.41, 5.74) is 2.57. The van der Waals surface area contributed by atoms with Crippen molar-refractivity contribution < 1.29 is 33.6 Å². The lowest BCUT2D eigenvalue weighted by molar-refractivity contribution is -0.807. The summed E-state index contributed by atoms with van der Waals surface area (Å²) in [5.74, 6) is 1.03. The number of hydrogen-bond donors (Lipinski definition) is 2. The van der Waals surface area contributed by atoms with Gasteiger partial charge in [-0.2, -0.15) is 5.10 Å². The van der Waals surface area contributed by atoms with E-state index in [-0.39, 0.29) is 18.7 Å². The Morgan fingerprint density at radius 3 is 2.59 bits per heavy atom. The molecule has 206 valence electrons. The number of hydrogen-bond acceptors (Lipinski definition) is 7. The smallest absolute Gasteiger partial charge is 0.409 e. The van der Waals surface area contributed by atoms with Crippen LogP contribution in [0.25, 0.3) is 11.1 Å². The molecule has 0 saturated carbocycles. The number of likely N-dealkylation sites (tertiary alicyclic amines) is 1. The van der Waals surface area contributed by atoms with Crippen LogP contribution in [0.5, 0.6) is 17.2 Å². The maximum Gasteiger partial charge on any atom is 0.409 e. The average Bonchev–Trinajstić information content (AvgIpc) is 3.35. The Bertz CT molecular complexity index is 1410. The molecule has 0 unspecified atom stereocenters. The first-order valence-corrected chi connectivity index (χ1v) is 12.9. The number of rotatable bonds is 6. The number of quaternary nitrogens is 1. The van der Waals surface area contributed by atoms with Gasteiger partial charge < -0.3 is 24.5 Å². The van der Waals surface area contributed by atoms with Gasteiger partial charge in [0.2, 0.25) is 0 Å². The normalized spacial score (nSPS) is 22.1. The summed E-state index contributed by atoms with van der Waals surface area (Å²) in [5, 5.41) is 29.4. The Morgan fingerprint density at radius 2 is 1.95 bits per heavy atom. The summed E-state index contributed by atoms with van der Waals surface area (Å²) < 4.78 is 18.6. The number of hydroxylamine groups is 3. The number of fused-ring (bicyclic) bond motifs is 1. The van der Waals surface area contributed by atoms with Crippen molar-refractivity contribution in [3.63, 3.8) is 0 Å². The number of aryl methyl sites for hydroxylation is 2. The van der Waals surface area contributed by atoms with Gasteiger partial charge >= 0.3 is 12.0 Å². The minimum absolute atomic E-state index is 0.0868. The number of nitrogens with one attached hydrogen (secondary N) is 1. The number of benzene rings is 2.